The molecule has 5 atom stereocenters. The van der Waals surface area contributed by atoms with Crippen molar-refractivity contribution in [3.05, 3.63) is 116 Å². The van der Waals surface area contributed by atoms with E-state index in [2.05, 4.69) is 41.2 Å². The van der Waals surface area contributed by atoms with Gasteiger partial charge in [0.15, 0.2) is 17.5 Å². The van der Waals surface area contributed by atoms with Crippen LogP contribution in [0.15, 0.2) is 64.0 Å². The number of hydrogen-bond donors (Lipinski definition) is 1. The number of aryl methyl sites for hydroxylation is 3. The molecule has 4 amide bonds. The van der Waals surface area contributed by atoms with Gasteiger partial charge in [0.1, 0.15) is 23.1 Å². The van der Waals surface area contributed by atoms with Crippen molar-refractivity contribution in [1.29, 1.82) is 0 Å². The standard InChI is InChI=1S/C49H50F2N10O6/c1-24-17-32(18-25(2)40(24)50)61-42(59-43(62)28(5)58(47(59)65)37-12-11-36-33(41(37)51)23-52-56(36)8)39-27(4)57(15-13-34(39)54-61)44(63)38-20-31-19-29(30-14-16-66-48(6,7)22-30)9-10-35(31)60(38)49(21-26(49)3)45-53-46(64)67-55-45/h9-12,17-20,23,26-28,30H,13-16,21-22H2,1-8H3,(H,53,55,64)/t26-,27-,28?,30-,49-/m0/s1. The number of nitrogens with one attached hydrogen (secondary N) is 1. The van der Waals surface area contributed by atoms with Crippen molar-refractivity contribution in [2.24, 2.45) is 13.0 Å². The van der Waals surface area contributed by atoms with Crippen LogP contribution in [0.1, 0.15) is 110 Å². The molecule has 3 aromatic carbocycles. The van der Waals surface area contributed by atoms with E-state index in [-0.39, 0.29) is 53.2 Å². The van der Waals surface area contributed by atoms with Crippen LogP contribution in [0.5, 0.6) is 0 Å². The lowest BCUT2D eigenvalue weighted by Gasteiger charge is -2.35. The number of hydrogen-bond acceptors (Lipinski definition) is 9. The summed E-state index contributed by atoms with van der Waals surface area (Å²) in [5.41, 5.74) is 3.54. The first-order valence-electron chi connectivity index (χ1n) is 22.7. The summed E-state index contributed by atoms with van der Waals surface area (Å²) in [5.74, 6) is -2.18. The van der Waals surface area contributed by atoms with Gasteiger partial charge in [0.25, 0.3) is 11.8 Å². The molecule has 1 saturated carbocycles. The van der Waals surface area contributed by atoms with E-state index in [1.807, 2.05) is 30.5 Å². The molecule has 0 spiro atoms. The lowest BCUT2D eigenvalue weighted by atomic mass is 9.83. The van der Waals surface area contributed by atoms with Gasteiger partial charge in [-0.25, -0.2) is 28.0 Å². The largest absolute Gasteiger partial charge is 0.438 e. The first-order valence-corrected chi connectivity index (χ1v) is 22.7. The third-order valence-corrected chi connectivity index (χ3v) is 14.8. The predicted molar refractivity (Wildman–Crippen MR) is 244 cm³/mol. The fraction of sp³-hybridized carbons (Fsp3) is 0.408. The Bertz CT molecular complexity index is 3300. The van der Waals surface area contributed by atoms with Crippen LogP contribution in [-0.2, 0) is 28.5 Å². The van der Waals surface area contributed by atoms with E-state index in [1.54, 1.807) is 44.0 Å². The number of carbonyl (C=O) groups excluding carboxylic acids is 3. The van der Waals surface area contributed by atoms with Crippen LogP contribution in [0.2, 0.25) is 0 Å². The van der Waals surface area contributed by atoms with Gasteiger partial charge in [0, 0.05) is 43.1 Å². The van der Waals surface area contributed by atoms with Crippen molar-refractivity contribution in [3.63, 3.8) is 0 Å². The van der Waals surface area contributed by atoms with Gasteiger partial charge in [-0.2, -0.15) is 10.2 Å². The zero-order valence-corrected chi connectivity index (χ0v) is 38.5. The second-order valence-electron chi connectivity index (χ2n) is 19.5. The summed E-state index contributed by atoms with van der Waals surface area (Å²) in [7, 11) is 1.68. The van der Waals surface area contributed by atoms with Gasteiger partial charge in [0.05, 0.1) is 45.8 Å². The topological polar surface area (TPSA) is 170 Å². The number of nitrogens with zero attached hydrogens (tertiary/aromatic N) is 9. The lowest BCUT2D eigenvalue weighted by molar-refractivity contribution is -0.117. The average molecular weight is 913 g/mol. The van der Waals surface area contributed by atoms with Gasteiger partial charge in [0.2, 0.25) is 0 Å². The first-order chi connectivity index (χ1) is 31.9. The van der Waals surface area contributed by atoms with Crippen molar-refractivity contribution >= 4 is 51.2 Å². The number of urea groups is 1. The maximum atomic E-state index is 16.4. The molecule has 2 saturated heterocycles. The Morgan fingerprint density at radius 2 is 1.66 bits per heavy atom. The molecule has 346 valence electrons. The van der Waals surface area contributed by atoms with E-state index in [0.717, 1.165) is 39.1 Å². The molecule has 1 unspecified atom stereocenters. The molecule has 3 aliphatic heterocycles. The summed E-state index contributed by atoms with van der Waals surface area (Å²) in [4.78, 5) is 64.3. The number of imide groups is 1. The Kier molecular flexibility index (Phi) is 9.41. The second-order valence-corrected chi connectivity index (χ2v) is 19.5. The Hall–Kier alpha value is -6.95. The maximum absolute atomic E-state index is 16.4. The van der Waals surface area contributed by atoms with Gasteiger partial charge in [-0.1, -0.05) is 18.1 Å². The molecule has 1 aliphatic carbocycles. The molecule has 7 heterocycles. The Balaban J connectivity index is 1.05. The quantitative estimate of drug-likeness (QED) is 0.157. The Morgan fingerprint density at radius 3 is 2.34 bits per heavy atom. The lowest BCUT2D eigenvalue weighted by Crippen LogP contribution is -2.42. The number of halogens is 2. The molecule has 16 nitrogen and oxygen atoms in total. The van der Waals surface area contributed by atoms with E-state index in [0.29, 0.717) is 58.1 Å². The minimum atomic E-state index is -1.14. The van der Waals surface area contributed by atoms with Gasteiger partial charge in [-0.3, -0.25) is 28.7 Å². The second kappa shape index (κ2) is 14.8. The fourth-order valence-corrected chi connectivity index (χ4v) is 11.2. The summed E-state index contributed by atoms with van der Waals surface area (Å²) in [6.45, 7) is 13.7. The minimum Gasteiger partial charge on any atom is -0.376 e. The molecular weight excluding hydrogens is 863 g/mol. The highest BCUT2D eigenvalue weighted by molar-refractivity contribution is 6.28. The zero-order valence-electron chi connectivity index (χ0n) is 38.5. The van der Waals surface area contributed by atoms with E-state index in [1.165, 1.54) is 28.6 Å². The predicted octanol–water partition coefficient (Wildman–Crippen LogP) is 7.86. The van der Waals surface area contributed by atoms with Crippen LogP contribution in [0.4, 0.5) is 25.1 Å². The van der Waals surface area contributed by atoms with Crippen molar-refractivity contribution in [2.75, 3.05) is 23.0 Å². The molecule has 67 heavy (non-hydrogen) atoms. The minimum absolute atomic E-state index is 0.0370. The first kappa shape index (κ1) is 42.7. The Labute approximate surface area is 383 Å². The van der Waals surface area contributed by atoms with Gasteiger partial charge >= 0.3 is 11.8 Å². The van der Waals surface area contributed by atoms with Gasteiger partial charge < -0.3 is 14.2 Å². The molecular formula is C49H50F2N10O6. The summed E-state index contributed by atoms with van der Waals surface area (Å²) in [5, 5.41) is 14.4. The summed E-state index contributed by atoms with van der Waals surface area (Å²) >= 11 is 0. The van der Waals surface area contributed by atoms with E-state index in [4.69, 9.17) is 14.4 Å². The number of fused-ring (bicyclic) bond motifs is 3. The number of amides is 4. The number of benzene rings is 3. The number of H-pyrrole nitrogens is 1. The van der Waals surface area contributed by atoms with Crippen LogP contribution < -0.4 is 15.6 Å². The molecule has 4 aliphatic rings. The van der Waals surface area contributed by atoms with Crippen molar-refractivity contribution in [3.8, 4) is 5.69 Å². The monoisotopic (exact) mass is 912 g/mol. The van der Waals surface area contributed by atoms with Crippen LogP contribution in [0, 0.1) is 31.4 Å². The van der Waals surface area contributed by atoms with Crippen molar-refractivity contribution in [2.45, 2.75) is 103 Å². The molecule has 18 heteroatoms. The third kappa shape index (κ3) is 6.27. The van der Waals surface area contributed by atoms with Crippen LogP contribution in [0.3, 0.4) is 0 Å². The zero-order chi connectivity index (χ0) is 47.2. The summed E-state index contributed by atoms with van der Waals surface area (Å²) in [6, 6.07) is 11.7. The smallest absolute Gasteiger partial charge is 0.376 e. The van der Waals surface area contributed by atoms with E-state index in [9.17, 15) is 14.4 Å². The van der Waals surface area contributed by atoms with Crippen LogP contribution in [0.25, 0.3) is 27.5 Å². The highest BCUT2D eigenvalue weighted by atomic mass is 19.1. The number of rotatable bonds is 7. The number of ether oxygens (including phenoxy) is 1. The fourth-order valence-electron chi connectivity index (χ4n) is 11.2. The molecule has 0 bridgehead atoms. The number of carbonyl (C=O) groups is 3. The van der Waals surface area contributed by atoms with E-state index < -0.39 is 47.0 Å². The molecule has 1 N–H and O–H groups in total. The maximum Gasteiger partial charge on any atom is 0.438 e. The van der Waals surface area contributed by atoms with Gasteiger partial charge in [-0.15, -0.1) is 0 Å². The SMILES string of the molecule is Cc1cc(-n2nc3c(c2N2C(=O)C(C)N(c4ccc5c(cnn5C)c4F)C2=O)[C@H](C)N(C(=O)c2cc4cc([C@H]5CCOC(C)(C)C5)ccc4n2[C@@]2(c4noc(=O)[nH]4)C[C@@H]2C)CC3)cc(C)c1F. The highest BCUT2D eigenvalue weighted by Gasteiger charge is 2.59. The number of aromatic amines is 1. The van der Waals surface area contributed by atoms with Crippen molar-refractivity contribution < 1.29 is 32.4 Å². The van der Waals surface area contributed by atoms with E-state index >= 15 is 13.6 Å². The average Bonchev–Trinajstić information content (AvgIpc) is 3.85. The molecule has 11 rings (SSSR count). The summed E-state index contributed by atoms with van der Waals surface area (Å²) < 4.78 is 47.6. The molecule has 0 radical (unpaired) electrons. The number of aromatic nitrogens is 7. The third-order valence-electron chi connectivity index (χ3n) is 14.8. The van der Waals surface area contributed by atoms with Crippen molar-refractivity contribution in [1.82, 2.24) is 39.2 Å². The normalized spacial score (nSPS) is 23.8. The molecule has 4 aromatic heterocycles. The Morgan fingerprint density at radius 1 is 0.925 bits per heavy atom. The van der Waals surface area contributed by atoms with Gasteiger partial charge in [-0.05, 0) is 132 Å². The van der Waals surface area contributed by atoms with Crippen LogP contribution in [-0.4, -0.2) is 81.8 Å². The molecule has 3 fully saturated rings. The number of anilines is 2. The summed E-state index contributed by atoms with van der Waals surface area (Å²) in [6.07, 6.45) is 3.88. The molecule has 7 aromatic rings. The highest BCUT2D eigenvalue weighted by Crippen LogP contribution is 2.56. The van der Waals surface area contributed by atoms with Crippen LogP contribution >= 0.6 is 0 Å².